The Bertz CT molecular complexity index is 357. The van der Waals surface area contributed by atoms with Gasteiger partial charge in [-0.1, -0.05) is 32.8 Å². The first-order valence-corrected chi connectivity index (χ1v) is 6.33. The lowest BCUT2D eigenvalue weighted by atomic mass is 9.97. The molecule has 0 unspecified atom stereocenters. The highest BCUT2D eigenvalue weighted by atomic mass is 16.1. The van der Waals surface area contributed by atoms with Gasteiger partial charge in [0.1, 0.15) is 0 Å². The van der Waals surface area contributed by atoms with Crippen LogP contribution >= 0.6 is 0 Å². The fourth-order valence-corrected chi connectivity index (χ4v) is 1.96. The van der Waals surface area contributed by atoms with Gasteiger partial charge in [0, 0.05) is 17.3 Å². The summed E-state index contributed by atoms with van der Waals surface area (Å²) in [7, 11) is 0. The minimum atomic E-state index is 0.110. The molecular weight excluding hydrogens is 212 g/mol. The fourth-order valence-electron chi connectivity index (χ4n) is 1.96. The van der Waals surface area contributed by atoms with Crippen molar-refractivity contribution in [2.75, 3.05) is 11.1 Å². The van der Waals surface area contributed by atoms with Crippen molar-refractivity contribution >= 4 is 17.3 Å². The number of rotatable bonds is 6. The highest BCUT2D eigenvalue weighted by Crippen LogP contribution is 2.18. The Kier molecular flexibility index (Phi) is 5.53. The molecule has 0 radical (unpaired) electrons. The van der Waals surface area contributed by atoms with Crippen molar-refractivity contribution in [1.29, 1.82) is 0 Å². The Morgan fingerprint density at radius 1 is 1.29 bits per heavy atom. The average Bonchev–Trinajstić information content (AvgIpc) is 2.28. The summed E-state index contributed by atoms with van der Waals surface area (Å²) in [5.74, 6) is 0.228. The monoisotopic (exact) mass is 234 g/mol. The third-order valence-electron chi connectivity index (χ3n) is 2.80. The van der Waals surface area contributed by atoms with Gasteiger partial charge in [0.05, 0.1) is 0 Å². The Morgan fingerprint density at radius 2 is 1.94 bits per heavy atom. The maximum atomic E-state index is 12.1. The molecule has 0 fully saturated rings. The van der Waals surface area contributed by atoms with E-state index in [4.69, 9.17) is 5.73 Å². The first kappa shape index (κ1) is 13.6. The summed E-state index contributed by atoms with van der Waals surface area (Å²) in [6.07, 6.45) is 3.97. The van der Waals surface area contributed by atoms with Crippen LogP contribution in [0.1, 0.15) is 39.5 Å². The number of nitrogens with two attached hydrogens (primary N) is 1. The van der Waals surface area contributed by atoms with E-state index in [1.807, 2.05) is 18.2 Å². The lowest BCUT2D eigenvalue weighted by Crippen LogP contribution is -2.22. The number of carbonyl (C=O) groups is 1. The van der Waals surface area contributed by atoms with E-state index in [0.29, 0.717) is 5.69 Å². The molecule has 0 aliphatic rings. The third kappa shape index (κ3) is 4.47. The Morgan fingerprint density at radius 3 is 2.47 bits per heavy atom. The predicted molar refractivity (Wildman–Crippen MR) is 72.8 cm³/mol. The van der Waals surface area contributed by atoms with Crippen LogP contribution in [-0.4, -0.2) is 5.91 Å². The molecule has 0 bridgehead atoms. The minimum absolute atomic E-state index is 0.110. The van der Waals surface area contributed by atoms with E-state index < -0.39 is 0 Å². The summed E-state index contributed by atoms with van der Waals surface area (Å²) < 4.78 is 0. The molecule has 0 heterocycles. The van der Waals surface area contributed by atoms with Crippen molar-refractivity contribution in [2.45, 2.75) is 39.5 Å². The van der Waals surface area contributed by atoms with Crippen LogP contribution in [0.4, 0.5) is 11.4 Å². The first-order chi connectivity index (χ1) is 8.17. The number of nitrogens with one attached hydrogen (secondary N) is 1. The van der Waals surface area contributed by atoms with Crippen LogP contribution in [0.25, 0.3) is 0 Å². The van der Waals surface area contributed by atoms with E-state index in [1.54, 1.807) is 6.07 Å². The molecule has 0 aliphatic carbocycles. The van der Waals surface area contributed by atoms with E-state index in [2.05, 4.69) is 19.2 Å². The van der Waals surface area contributed by atoms with Gasteiger partial charge in [-0.3, -0.25) is 4.79 Å². The third-order valence-corrected chi connectivity index (χ3v) is 2.80. The van der Waals surface area contributed by atoms with E-state index in [1.165, 1.54) is 0 Å². The number of hydrogen-bond acceptors (Lipinski definition) is 2. The second-order valence-corrected chi connectivity index (χ2v) is 4.39. The van der Waals surface area contributed by atoms with Gasteiger partial charge in [0.15, 0.2) is 0 Å². The summed E-state index contributed by atoms with van der Waals surface area (Å²) >= 11 is 0. The zero-order valence-electron chi connectivity index (χ0n) is 10.7. The van der Waals surface area contributed by atoms with Crippen molar-refractivity contribution in [3.05, 3.63) is 24.3 Å². The van der Waals surface area contributed by atoms with Crippen molar-refractivity contribution in [3.63, 3.8) is 0 Å². The van der Waals surface area contributed by atoms with E-state index >= 15 is 0 Å². The maximum Gasteiger partial charge on any atom is 0.227 e. The lowest BCUT2D eigenvalue weighted by Gasteiger charge is -2.15. The van der Waals surface area contributed by atoms with Gasteiger partial charge in [0.25, 0.3) is 0 Å². The van der Waals surface area contributed by atoms with Crippen LogP contribution in [0, 0.1) is 5.92 Å². The maximum absolute atomic E-state index is 12.1. The van der Waals surface area contributed by atoms with Crippen LogP contribution in [0.2, 0.25) is 0 Å². The summed E-state index contributed by atoms with van der Waals surface area (Å²) in [4.78, 5) is 12.1. The second kappa shape index (κ2) is 6.94. The largest absolute Gasteiger partial charge is 0.399 e. The molecule has 1 aromatic rings. The number of carbonyl (C=O) groups excluding carboxylic acids is 1. The number of hydrogen-bond donors (Lipinski definition) is 2. The topological polar surface area (TPSA) is 55.1 Å². The van der Waals surface area contributed by atoms with Gasteiger partial charge in [-0.05, 0) is 31.0 Å². The zero-order valence-corrected chi connectivity index (χ0v) is 10.7. The van der Waals surface area contributed by atoms with Gasteiger partial charge in [-0.25, -0.2) is 0 Å². The first-order valence-electron chi connectivity index (χ1n) is 6.33. The minimum Gasteiger partial charge on any atom is -0.399 e. The highest BCUT2D eigenvalue weighted by molar-refractivity contribution is 5.92. The van der Waals surface area contributed by atoms with Crippen molar-refractivity contribution in [2.24, 2.45) is 5.92 Å². The number of amides is 1. The number of nitrogen functional groups attached to an aromatic ring is 1. The van der Waals surface area contributed by atoms with Gasteiger partial charge in [-0.15, -0.1) is 0 Å². The molecular formula is C14H22N2O. The van der Waals surface area contributed by atoms with Crippen molar-refractivity contribution in [1.82, 2.24) is 0 Å². The smallest absolute Gasteiger partial charge is 0.227 e. The fraction of sp³-hybridized carbons (Fsp3) is 0.500. The molecule has 0 aromatic heterocycles. The normalized spacial score (nSPS) is 10.5. The molecule has 1 aromatic carbocycles. The Balaban J connectivity index is 2.62. The summed E-state index contributed by atoms with van der Waals surface area (Å²) in [5.41, 5.74) is 7.13. The quantitative estimate of drug-likeness (QED) is 0.741. The van der Waals surface area contributed by atoms with Crippen LogP contribution in [0.15, 0.2) is 24.3 Å². The van der Waals surface area contributed by atoms with E-state index in [-0.39, 0.29) is 11.8 Å². The molecule has 94 valence electrons. The zero-order chi connectivity index (χ0) is 12.7. The molecule has 0 saturated heterocycles. The SMILES string of the molecule is CCCC(CCC)C(=O)Nc1cccc(N)c1. The molecule has 3 heteroatoms. The lowest BCUT2D eigenvalue weighted by molar-refractivity contribution is -0.120. The summed E-state index contributed by atoms with van der Waals surface area (Å²) in [5, 5.41) is 2.93. The second-order valence-electron chi connectivity index (χ2n) is 4.39. The van der Waals surface area contributed by atoms with Gasteiger partial charge in [-0.2, -0.15) is 0 Å². The van der Waals surface area contributed by atoms with Crippen molar-refractivity contribution < 1.29 is 4.79 Å². The molecule has 3 N–H and O–H groups in total. The summed E-state index contributed by atoms with van der Waals surface area (Å²) in [6.45, 7) is 4.22. The van der Waals surface area contributed by atoms with E-state index in [9.17, 15) is 4.79 Å². The predicted octanol–water partition coefficient (Wildman–Crippen LogP) is 3.42. The number of anilines is 2. The molecule has 0 atom stereocenters. The van der Waals surface area contributed by atoms with E-state index in [0.717, 1.165) is 31.4 Å². The van der Waals surface area contributed by atoms with Gasteiger partial charge < -0.3 is 11.1 Å². The molecule has 1 rings (SSSR count). The molecule has 0 spiro atoms. The Hall–Kier alpha value is -1.51. The standard InChI is InChI=1S/C14H22N2O/c1-3-6-11(7-4-2)14(17)16-13-9-5-8-12(15)10-13/h5,8-11H,3-4,6-7,15H2,1-2H3,(H,16,17). The molecule has 1 amide bonds. The van der Waals surface area contributed by atoms with Gasteiger partial charge >= 0.3 is 0 Å². The van der Waals surface area contributed by atoms with Crippen LogP contribution in [0.5, 0.6) is 0 Å². The highest BCUT2D eigenvalue weighted by Gasteiger charge is 2.16. The summed E-state index contributed by atoms with van der Waals surface area (Å²) in [6, 6.07) is 7.31. The van der Waals surface area contributed by atoms with Crippen LogP contribution in [0.3, 0.4) is 0 Å². The average molecular weight is 234 g/mol. The molecule has 17 heavy (non-hydrogen) atoms. The van der Waals surface area contributed by atoms with Gasteiger partial charge in [0.2, 0.25) is 5.91 Å². The molecule has 0 saturated carbocycles. The molecule has 3 nitrogen and oxygen atoms in total. The Labute approximate surface area is 103 Å². The number of benzene rings is 1. The van der Waals surface area contributed by atoms with Crippen molar-refractivity contribution in [3.8, 4) is 0 Å². The van der Waals surface area contributed by atoms with Crippen LogP contribution < -0.4 is 11.1 Å². The molecule has 0 aliphatic heterocycles. The van der Waals surface area contributed by atoms with Crippen LogP contribution in [-0.2, 0) is 4.79 Å².